The summed E-state index contributed by atoms with van der Waals surface area (Å²) in [6.07, 6.45) is 2.09. The molecule has 0 bridgehead atoms. The summed E-state index contributed by atoms with van der Waals surface area (Å²) in [5, 5.41) is 9.99. The molecule has 5 heteroatoms. The number of rotatable bonds is 3. The number of amides is 1. The number of carbonyl (C=O) groups excluding carboxylic acids is 1. The van der Waals surface area contributed by atoms with Crippen LogP contribution in [0.4, 0.5) is 5.69 Å². The van der Waals surface area contributed by atoms with Crippen molar-refractivity contribution < 1.29 is 9.90 Å². The van der Waals surface area contributed by atoms with Crippen molar-refractivity contribution in [1.82, 2.24) is 4.90 Å². The van der Waals surface area contributed by atoms with Crippen molar-refractivity contribution in [3.05, 3.63) is 29.8 Å². The molecule has 2 aliphatic heterocycles. The molecule has 120 valence electrons. The third kappa shape index (κ3) is 3.48. The summed E-state index contributed by atoms with van der Waals surface area (Å²) in [4.78, 5) is 16.0. The van der Waals surface area contributed by atoms with Crippen LogP contribution in [0.2, 0.25) is 0 Å². The summed E-state index contributed by atoms with van der Waals surface area (Å²) in [5.74, 6) is 0.110. The number of benzene rings is 1. The molecule has 0 aromatic heterocycles. The van der Waals surface area contributed by atoms with Gasteiger partial charge < -0.3 is 15.7 Å². The summed E-state index contributed by atoms with van der Waals surface area (Å²) < 4.78 is 0. The first-order valence-corrected chi connectivity index (χ1v) is 8.03. The Morgan fingerprint density at radius 2 is 1.91 bits per heavy atom. The van der Waals surface area contributed by atoms with Crippen molar-refractivity contribution in [2.24, 2.45) is 5.73 Å². The van der Waals surface area contributed by atoms with Gasteiger partial charge in [-0.2, -0.15) is 0 Å². The highest BCUT2D eigenvalue weighted by atomic mass is 16.3. The average molecular weight is 303 g/mol. The minimum atomic E-state index is -0.505. The number of aliphatic hydroxyl groups is 1. The number of likely N-dealkylation sites (tertiary alicyclic amines) is 1. The first kappa shape index (κ1) is 15.5. The number of anilines is 1. The molecule has 0 spiro atoms. The van der Waals surface area contributed by atoms with Crippen molar-refractivity contribution >= 4 is 11.6 Å². The number of hydrogen-bond donors (Lipinski definition) is 2. The van der Waals surface area contributed by atoms with Crippen LogP contribution >= 0.6 is 0 Å². The van der Waals surface area contributed by atoms with Crippen LogP contribution in [0.3, 0.4) is 0 Å². The van der Waals surface area contributed by atoms with Crippen LogP contribution in [0.1, 0.15) is 31.7 Å². The lowest BCUT2D eigenvalue weighted by atomic mass is 9.93. The fraction of sp³-hybridized carbons (Fsp3) is 0.588. The van der Waals surface area contributed by atoms with E-state index in [1.54, 1.807) is 4.90 Å². The third-order valence-corrected chi connectivity index (χ3v) is 4.74. The maximum atomic E-state index is 11.9. The van der Waals surface area contributed by atoms with Gasteiger partial charge in [-0.25, -0.2) is 0 Å². The Labute approximate surface area is 131 Å². The maximum Gasteiger partial charge on any atom is 0.228 e. The van der Waals surface area contributed by atoms with E-state index in [4.69, 9.17) is 5.73 Å². The minimum Gasteiger partial charge on any atom is -0.390 e. The van der Waals surface area contributed by atoms with Gasteiger partial charge in [-0.1, -0.05) is 12.1 Å². The highest BCUT2D eigenvalue weighted by molar-refractivity contribution is 5.96. The summed E-state index contributed by atoms with van der Waals surface area (Å²) in [7, 11) is 0. The molecule has 1 aromatic carbocycles. The Hall–Kier alpha value is -1.43. The lowest BCUT2D eigenvalue weighted by molar-refractivity contribution is -0.117. The molecule has 3 rings (SSSR count). The highest BCUT2D eigenvalue weighted by Crippen LogP contribution is 2.24. The lowest BCUT2D eigenvalue weighted by Crippen LogP contribution is -2.41. The second-order valence-corrected chi connectivity index (χ2v) is 6.91. The van der Waals surface area contributed by atoms with E-state index in [2.05, 4.69) is 17.0 Å². The van der Waals surface area contributed by atoms with E-state index in [0.29, 0.717) is 13.0 Å². The fourth-order valence-corrected chi connectivity index (χ4v) is 3.22. The van der Waals surface area contributed by atoms with Gasteiger partial charge in [0.05, 0.1) is 5.60 Å². The standard InChI is InChI=1S/C17H25N3O2/c1-17(22)6-8-19(9-7-17)11-13-2-4-15(5-3-13)20-12-14(18)10-16(20)21/h2-5,14,22H,6-12,18H2,1H3/t14-/m1/s1. The van der Waals surface area contributed by atoms with E-state index in [9.17, 15) is 9.90 Å². The van der Waals surface area contributed by atoms with Crippen LogP contribution in [0.5, 0.6) is 0 Å². The Morgan fingerprint density at radius 3 is 2.45 bits per heavy atom. The summed E-state index contributed by atoms with van der Waals surface area (Å²) >= 11 is 0. The molecule has 0 aliphatic carbocycles. The zero-order chi connectivity index (χ0) is 15.7. The molecule has 2 heterocycles. The van der Waals surface area contributed by atoms with Crippen molar-refractivity contribution in [2.45, 2.75) is 44.4 Å². The highest BCUT2D eigenvalue weighted by Gasteiger charge is 2.28. The van der Waals surface area contributed by atoms with Gasteiger partial charge in [-0.15, -0.1) is 0 Å². The molecular formula is C17H25N3O2. The molecule has 1 aromatic rings. The molecule has 5 nitrogen and oxygen atoms in total. The topological polar surface area (TPSA) is 69.8 Å². The Kier molecular flexibility index (Phi) is 4.21. The molecule has 2 fully saturated rings. The first-order chi connectivity index (χ1) is 10.4. The predicted octanol–water partition coefficient (Wildman–Crippen LogP) is 1.10. The lowest BCUT2D eigenvalue weighted by Gasteiger charge is -2.35. The number of carbonyl (C=O) groups is 1. The van der Waals surface area contributed by atoms with Gasteiger partial charge in [-0.3, -0.25) is 9.69 Å². The monoisotopic (exact) mass is 303 g/mol. The Bertz CT molecular complexity index is 531. The maximum absolute atomic E-state index is 11.9. The van der Waals surface area contributed by atoms with Gasteiger partial charge in [0.25, 0.3) is 0 Å². The van der Waals surface area contributed by atoms with E-state index in [1.165, 1.54) is 5.56 Å². The Balaban J connectivity index is 1.59. The molecule has 0 saturated carbocycles. The van der Waals surface area contributed by atoms with Crippen LogP contribution in [0.25, 0.3) is 0 Å². The summed E-state index contributed by atoms with van der Waals surface area (Å²) in [6.45, 7) is 5.27. The van der Waals surface area contributed by atoms with Gasteiger partial charge in [0.2, 0.25) is 5.91 Å². The normalized spacial score (nSPS) is 25.7. The van der Waals surface area contributed by atoms with E-state index >= 15 is 0 Å². The van der Waals surface area contributed by atoms with Crippen molar-refractivity contribution in [1.29, 1.82) is 0 Å². The zero-order valence-electron chi connectivity index (χ0n) is 13.2. The molecule has 3 N–H and O–H groups in total. The quantitative estimate of drug-likeness (QED) is 0.877. The van der Waals surface area contributed by atoms with Gasteiger partial charge >= 0.3 is 0 Å². The first-order valence-electron chi connectivity index (χ1n) is 8.03. The van der Waals surface area contributed by atoms with Gasteiger partial charge in [0.1, 0.15) is 0 Å². The molecule has 2 aliphatic rings. The molecule has 1 atom stereocenters. The Morgan fingerprint density at radius 1 is 1.27 bits per heavy atom. The largest absolute Gasteiger partial charge is 0.390 e. The smallest absolute Gasteiger partial charge is 0.228 e. The molecular weight excluding hydrogens is 278 g/mol. The van der Waals surface area contributed by atoms with E-state index in [0.717, 1.165) is 38.2 Å². The van der Waals surface area contributed by atoms with Crippen molar-refractivity contribution in [2.75, 3.05) is 24.5 Å². The van der Waals surface area contributed by atoms with Gasteiger partial charge in [0.15, 0.2) is 0 Å². The zero-order valence-corrected chi connectivity index (χ0v) is 13.2. The third-order valence-electron chi connectivity index (χ3n) is 4.74. The number of nitrogens with zero attached hydrogens (tertiary/aromatic N) is 2. The van der Waals surface area contributed by atoms with Crippen LogP contribution in [-0.2, 0) is 11.3 Å². The van der Waals surface area contributed by atoms with Crippen LogP contribution in [0, 0.1) is 0 Å². The molecule has 22 heavy (non-hydrogen) atoms. The molecule has 0 unspecified atom stereocenters. The van der Waals surface area contributed by atoms with Crippen LogP contribution in [-0.4, -0.2) is 47.2 Å². The number of piperidine rings is 1. The summed E-state index contributed by atoms with van der Waals surface area (Å²) in [5.41, 5.74) is 7.50. The van der Waals surface area contributed by atoms with Crippen LogP contribution < -0.4 is 10.6 Å². The molecule has 2 saturated heterocycles. The van der Waals surface area contributed by atoms with E-state index in [1.807, 2.05) is 19.1 Å². The predicted molar refractivity (Wildman–Crippen MR) is 86.5 cm³/mol. The SMILES string of the molecule is CC1(O)CCN(Cc2ccc(N3C[C@H](N)CC3=O)cc2)CC1. The van der Waals surface area contributed by atoms with Crippen LogP contribution in [0.15, 0.2) is 24.3 Å². The number of hydrogen-bond acceptors (Lipinski definition) is 4. The van der Waals surface area contributed by atoms with Crippen molar-refractivity contribution in [3.63, 3.8) is 0 Å². The summed E-state index contributed by atoms with van der Waals surface area (Å²) in [6, 6.07) is 8.13. The van der Waals surface area contributed by atoms with Crippen molar-refractivity contribution in [3.8, 4) is 0 Å². The second-order valence-electron chi connectivity index (χ2n) is 6.91. The van der Waals surface area contributed by atoms with Gasteiger partial charge in [0, 0.05) is 44.3 Å². The van der Waals surface area contributed by atoms with E-state index < -0.39 is 5.60 Å². The second kappa shape index (κ2) is 5.99. The molecule has 0 radical (unpaired) electrons. The van der Waals surface area contributed by atoms with Gasteiger partial charge in [-0.05, 0) is 37.5 Å². The number of nitrogens with two attached hydrogens (primary N) is 1. The average Bonchev–Trinajstić information content (AvgIpc) is 2.81. The fourth-order valence-electron chi connectivity index (χ4n) is 3.22. The van der Waals surface area contributed by atoms with E-state index in [-0.39, 0.29) is 11.9 Å². The molecule has 1 amide bonds. The minimum absolute atomic E-state index is 0.0479.